The molecule has 0 aliphatic carbocycles. The maximum absolute atomic E-state index is 13.1. The van der Waals surface area contributed by atoms with Crippen molar-refractivity contribution in [3.8, 4) is 0 Å². The Bertz CT molecular complexity index is 1070. The molecule has 3 aliphatic rings. The molecule has 2 fully saturated rings. The van der Waals surface area contributed by atoms with Crippen LogP contribution in [0.5, 0.6) is 0 Å². The highest BCUT2D eigenvalue weighted by molar-refractivity contribution is 6.23. The molecule has 11 nitrogen and oxygen atoms in total. The number of fused-ring (bicyclic) bond motifs is 1. The number of amides is 6. The van der Waals surface area contributed by atoms with E-state index in [0.29, 0.717) is 13.1 Å². The second-order valence-corrected chi connectivity index (χ2v) is 10.2. The fourth-order valence-electron chi connectivity index (χ4n) is 4.90. The maximum atomic E-state index is 13.1. The number of piperazine rings is 1. The van der Waals surface area contributed by atoms with Gasteiger partial charge in [-0.25, -0.2) is 4.79 Å². The average molecular weight is 485 g/mol. The number of nitrogens with two attached hydrogens (primary N) is 1. The summed E-state index contributed by atoms with van der Waals surface area (Å²) in [5.74, 6) is -2.03. The number of imide groups is 2. The number of hydrogen-bond acceptors (Lipinski definition) is 7. The van der Waals surface area contributed by atoms with Gasteiger partial charge in [-0.05, 0) is 45.4 Å². The van der Waals surface area contributed by atoms with Crippen LogP contribution in [0.15, 0.2) is 18.2 Å². The maximum Gasteiger partial charge on any atom is 0.315 e. The highest BCUT2D eigenvalue weighted by Gasteiger charge is 2.44. The van der Waals surface area contributed by atoms with E-state index in [1.807, 2.05) is 26.8 Å². The van der Waals surface area contributed by atoms with Crippen LogP contribution in [-0.2, 0) is 9.59 Å². The Labute approximate surface area is 204 Å². The van der Waals surface area contributed by atoms with E-state index in [9.17, 15) is 24.0 Å². The number of urea groups is 1. The zero-order valence-corrected chi connectivity index (χ0v) is 20.4. The first kappa shape index (κ1) is 24.6. The van der Waals surface area contributed by atoms with Crippen molar-refractivity contribution in [2.75, 3.05) is 44.2 Å². The van der Waals surface area contributed by atoms with Gasteiger partial charge in [0.05, 0.1) is 11.1 Å². The van der Waals surface area contributed by atoms with E-state index in [1.165, 1.54) is 0 Å². The van der Waals surface area contributed by atoms with E-state index < -0.39 is 35.7 Å². The van der Waals surface area contributed by atoms with E-state index in [4.69, 9.17) is 5.73 Å². The number of benzene rings is 1. The zero-order valence-electron chi connectivity index (χ0n) is 20.4. The quantitative estimate of drug-likeness (QED) is 0.577. The summed E-state index contributed by atoms with van der Waals surface area (Å²) in [5.41, 5.74) is 6.59. The highest BCUT2D eigenvalue weighted by Crippen LogP contribution is 2.31. The van der Waals surface area contributed by atoms with Crippen LogP contribution in [-0.4, -0.2) is 95.2 Å². The second kappa shape index (κ2) is 9.29. The third-order valence-corrected chi connectivity index (χ3v) is 6.88. The molecular formula is C24H32N6O5. The summed E-state index contributed by atoms with van der Waals surface area (Å²) < 4.78 is 0. The third-order valence-electron chi connectivity index (χ3n) is 6.88. The lowest BCUT2D eigenvalue weighted by molar-refractivity contribution is -0.136. The van der Waals surface area contributed by atoms with Crippen LogP contribution in [0.4, 0.5) is 10.5 Å². The molecule has 0 spiro atoms. The molecule has 0 bridgehead atoms. The third kappa shape index (κ3) is 4.86. The van der Waals surface area contributed by atoms with Crippen LogP contribution >= 0.6 is 0 Å². The minimum Gasteiger partial charge on any atom is -0.369 e. The van der Waals surface area contributed by atoms with Crippen molar-refractivity contribution >= 4 is 35.3 Å². The first-order valence-electron chi connectivity index (χ1n) is 11.9. The van der Waals surface area contributed by atoms with Gasteiger partial charge in [0, 0.05) is 56.9 Å². The SMILES string of the molecule is CC(C)(C)N(CCN1CCN(c2ccc3c(c2)C(=O)N(C2CCC(=O)NC2=O)C3=O)CC1)C(N)=O. The standard InChI is InChI=1S/C24H32N6O5/c1-24(2,3)29(23(25)35)13-10-27-8-11-28(12-9-27)15-4-5-16-17(14-15)22(34)30(21(16)33)18-6-7-19(31)26-20(18)32/h4-5,14,18H,6-13H2,1-3H3,(H2,25,35)(H,26,31,32). The Morgan fingerprint density at radius 3 is 2.31 bits per heavy atom. The molecule has 6 amide bonds. The van der Waals surface area contributed by atoms with Gasteiger partial charge in [-0.2, -0.15) is 0 Å². The predicted molar refractivity (Wildman–Crippen MR) is 128 cm³/mol. The van der Waals surface area contributed by atoms with Crippen molar-refractivity contribution in [3.05, 3.63) is 29.3 Å². The van der Waals surface area contributed by atoms with Gasteiger partial charge in [0.1, 0.15) is 6.04 Å². The van der Waals surface area contributed by atoms with E-state index in [0.717, 1.165) is 36.8 Å². The molecule has 3 heterocycles. The van der Waals surface area contributed by atoms with Gasteiger partial charge in [0.25, 0.3) is 11.8 Å². The van der Waals surface area contributed by atoms with Crippen LogP contribution in [0.2, 0.25) is 0 Å². The van der Waals surface area contributed by atoms with Crippen molar-refractivity contribution in [1.82, 2.24) is 20.0 Å². The summed E-state index contributed by atoms with van der Waals surface area (Å²) >= 11 is 0. The lowest BCUT2D eigenvalue weighted by Gasteiger charge is -2.39. The van der Waals surface area contributed by atoms with E-state index >= 15 is 0 Å². The molecule has 0 aromatic heterocycles. The summed E-state index contributed by atoms with van der Waals surface area (Å²) in [6.45, 7) is 10.1. The molecule has 3 aliphatic heterocycles. The number of nitrogens with zero attached hydrogens (tertiary/aromatic N) is 4. The predicted octanol–water partition coefficient (Wildman–Crippen LogP) is 0.389. The number of carbonyl (C=O) groups excluding carboxylic acids is 5. The summed E-state index contributed by atoms with van der Waals surface area (Å²) in [4.78, 5) is 68.5. The molecule has 4 rings (SSSR count). The number of rotatable bonds is 5. The molecular weight excluding hydrogens is 452 g/mol. The Morgan fingerprint density at radius 2 is 1.71 bits per heavy atom. The smallest absolute Gasteiger partial charge is 0.315 e. The van der Waals surface area contributed by atoms with Crippen molar-refractivity contribution < 1.29 is 24.0 Å². The number of piperidine rings is 1. The Morgan fingerprint density at radius 1 is 1.06 bits per heavy atom. The first-order valence-corrected chi connectivity index (χ1v) is 11.9. The molecule has 35 heavy (non-hydrogen) atoms. The molecule has 1 aromatic carbocycles. The molecule has 0 saturated carbocycles. The van der Waals surface area contributed by atoms with Crippen LogP contribution in [0.3, 0.4) is 0 Å². The number of nitrogens with one attached hydrogen (secondary N) is 1. The number of primary amides is 1. The molecule has 1 aromatic rings. The highest BCUT2D eigenvalue weighted by atomic mass is 16.2. The van der Waals surface area contributed by atoms with Gasteiger partial charge < -0.3 is 15.5 Å². The summed E-state index contributed by atoms with van der Waals surface area (Å²) in [6.07, 6.45) is 0.222. The molecule has 11 heteroatoms. The fourth-order valence-corrected chi connectivity index (χ4v) is 4.90. The monoisotopic (exact) mass is 484 g/mol. The molecule has 1 atom stereocenters. The Balaban J connectivity index is 1.39. The average Bonchev–Trinajstić information content (AvgIpc) is 3.03. The summed E-state index contributed by atoms with van der Waals surface area (Å²) in [6, 6.07) is 3.77. The molecule has 1 unspecified atom stereocenters. The topological polar surface area (TPSA) is 136 Å². The van der Waals surface area contributed by atoms with Crippen LogP contribution < -0.4 is 16.0 Å². The lowest BCUT2D eigenvalue weighted by Crippen LogP contribution is -2.54. The van der Waals surface area contributed by atoms with Crippen LogP contribution in [0.25, 0.3) is 0 Å². The van der Waals surface area contributed by atoms with Crippen molar-refractivity contribution in [2.24, 2.45) is 5.73 Å². The zero-order chi connectivity index (χ0) is 25.5. The van der Waals surface area contributed by atoms with E-state index in [-0.39, 0.29) is 29.5 Å². The van der Waals surface area contributed by atoms with Gasteiger partial charge in [0.15, 0.2) is 0 Å². The van der Waals surface area contributed by atoms with Gasteiger partial charge in [-0.3, -0.25) is 34.3 Å². The minimum absolute atomic E-state index is 0.0896. The van der Waals surface area contributed by atoms with Gasteiger partial charge >= 0.3 is 6.03 Å². The summed E-state index contributed by atoms with van der Waals surface area (Å²) in [5, 5.41) is 2.21. The fraction of sp³-hybridized carbons (Fsp3) is 0.542. The lowest BCUT2D eigenvalue weighted by atomic mass is 10.0. The van der Waals surface area contributed by atoms with Gasteiger partial charge in [0.2, 0.25) is 11.8 Å². The Hall–Kier alpha value is -3.47. The normalized spacial score (nSPS) is 21.3. The minimum atomic E-state index is -0.972. The molecule has 3 N–H and O–H groups in total. The van der Waals surface area contributed by atoms with E-state index in [1.54, 1.807) is 17.0 Å². The molecule has 2 saturated heterocycles. The van der Waals surface area contributed by atoms with Gasteiger partial charge in [-0.1, -0.05) is 0 Å². The van der Waals surface area contributed by atoms with Crippen molar-refractivity contribution in [2.45, 2.75) is 45.2 Å². The van der Waals surface area contributed by atoms with Crippen molar-refractivity contribution in [3.63, 3.8) is 0 Å². The second-order valence-electron chi connectivity index (χ2n) is 10.2. The summed E-state index contributed by atoms with van der Waals surface area (Å²) in [7, 11) is 0. The first-order chi connectivity index (χ1) is 16.5. The van der Waals surface area contributed by atoms with E-state index in [2.05, 4.69) is 15.1 Å². The van der Waals surface area contributed by atoms with Crippen molar-refractivity contribution in [1.29, 1.82) is 0 Å². The molecule has 188 valence electrons. The number of hydrogen-bond donors (Lipinski definition) is 2. The van der Waals surface area contributed by atoms with Crippen LogP contribution in [0, 0.1) is 0 Å². The molecule has 0 radical (unpaired) electrons. The largest absolute Gasteiger partial charge is 0.369 e. The number of carbonyl (C=O) groups is 5. The van der Waals surface area contributed by atoms with Crippen LogP contribution in [0.1, 0.15) is 54.3 Å². The number of anilines is 1. The Kier molecular flexibility index (Phi) is 6.54. The van der Waals surface area contributed by atoms with Gasteiger partial charge in [-0.15, -0.1) is 0 Å².